The van der Waals surface area contributed by atoms with Crippen LogP contribution in [0.5, 0.6) is 0 Å². The van der Waals surface area contributed by atoms with Gasteiger partial charge < -0.3 is 19.7 Å². The second-order valence-corrected chi connectivity index (χ2v) is 9.73. The molecule has 0 spiro atoms. The van der Waals surface area contributed by atoms with Gasteiger partial charge in [0.2, 0.25) is 0 Å². The molecule has 0 saturated heterocycles. The third-order valence-corrected chi connectivity index (χ3v) is 6.14. The number of hydrogen-bond donors (Lipinski definition) is 1. The first-order valence-electron chi connectivity index (χ1n) is 9.45. The summed E-state index contributed by atoms with van der Waals surface area (Å²) in [5.41, 5.74) is -0.0394. The Balaban J connectivity index is 1.91. The predicted octanol–water partition coefficient (Wildman–Crippen LogP) is 4.92. The number of methoxy groups -OCH3 is 1. The van der Waals surface area contributed by atoms with E-state index in [9.17, 15) is 18.8 Å². The number of halogens is 3. The van der Waals surface area contributed by atoms with Crippen molar-refractivity contribution in [1.82, 2.24) is 9.88 Å². The molecule has 3 heterocycles. The van der Waals surface area contributed by atoms with Gasteiger partial charge in [-0.1, -0.05) is 23.2 Å². The van der Waals surface area contributed by atoms with Crippen LogP contribution in [0.2, 0.25) is 10.3 Å². The van der Waals surface area contributed by atoms with Gasteiger partial charge in [0.1, 0.15) is 15.8 Å². The zero-order valence-corrected chi connectivity index (χ0v) is 20.0. The Hall–Kier alpha value is -2.43. The molecule has 0 aromatic carbocycles. The molecule has 0 atom stereocenters. The number of anilines is 1. The van der Waals surface area contributed by atoms with Gasteiger partial charge in [-0.3, -0.25) is 4.79 Å². The highest BCUT2D eigenvalue weighted by Crippen LogP contribution is 2.38. The predicted molar refractivity (Wildman–Crippen MR) is 118 cm³/mol. The van der Waals surface area contributed by atoms with Gasteiger partial charge in [-0.05, 0) is 38.8 Å². The number of amides is 2. The second kappa shape index (κ2) is 9.21. The number of esters is 1. The van der Waals surface area contributed by atoms with Gasteiger partial charge >= 0.3 is 12.1 Å². The number of carbonyl (C=O) groups excluding carboxylic acids is 3. The zero-order valence-electron chi connectivity index (χ0n) is 17.7. The van der Waals surface area contributed by atoms with Gasteiger partial charge in [0.15, 0.2) is 11.0 Å². The van der Waals surface area contributed by atoms with Crippen LogP contribution in [-0.4, -0.2) is 47.1 Å². The van der Waals surface area contributed by atoms with Gasteiger partial charge in [-0.25, -0.2) is 19.0 Å². The first-order valence-corrected chi connectivity index (χ1v) is 11.0. The van der Waals surface area contributed by atoms with Crippen LogP contribution in [0.1, 0.15) is 51.9 Å². The number of carbonyl (C=O) groups is 3. The molecule has 0 radical (unpaired) electrons. The maximum atomic E-state index is 13.8. The maximum Gasteiger partial charge on any atom is 0.410 e. The minimum Gasteiger partial charge on any atom is -0.465 e. The standard InChI is InChI=1S/C20H20Cl2FN3O5S/c1-20(2,3)31-19(29)26-6-5-9-12(8-26)32-17(13(9)18(28)30-4)25-16(27)10-7-11(23)15(22)24-14(10)21/h7H,5-6,8H2,1-4H3,(H,25,27). The molecule has 1 N–H and O–H groups in total. The number of hydrogen-bond acceptors (Lipinski definition) is 7. The summed E-state index contributed by atoms with van der Waals surface area (Å²) in [7, 11) is 1.23. The fraction of sp³-hybridized carbons (Fsp3) is 0.400. The van der Waals surface area contributed by atoms with E-state index >= 15 is 0 Å². The molecular weight excluding hydrogens is 484 g/mol. The van der Waals surface area contributed by atoms with E-state index in [1.807, 2.05) is 0 Å². The normalized spacial score (nSPS) is 13.4. The van der Waals surface area contributed by atoms with E-state index in [0.29, 0.717) is 23.4 Å². The van der Waals surface area contributed by atoms with Crippen LogP contribution in [-0.2, 0) is 22.4 Å². The van der Waals surface area contributed by atoms with Crippen molar-refractivity contribution in [3.05, 3.63) is 43.8 Å². The second-order valence-electron chi connectivity index (χ2n) is 7.90. The summed E-state index contributed by atoms with van der Waals surface area (Å²) in [4.78, 5) is 43.4. The molecule has 172 valence electrons. The molecule has 12 heteroatoms. The van der Waals surface area contributed by atoms with Crippen molar-refractivity contribution in [1.29, 1.82) is 0 Å². The number of rotatable bonds is 3. The quantitative estimate of drug-likeness (QED) is 0.471. The Morgan fingerprint density at radius 3 is 2.56 bits per heavy atom. The van der Waals surface area contributed by atoms with Crippen molar-refractivity contribution in [2.45, 2.75) is 39.3 Å². The Morgan fingerprint density at radius 1 is 1.25 bits per heavy atom. The molecule has 0 aliphatic carbocycles. The number of nitrogens with zero attached hydrogens (tertiary/aromatic N) is 2. The van der Waals surface area contributed by atoms with Crippen molar-refractivity contribution in [3.8, 4) is 0 Å². The Morgan fingerprint density at radius 2 is 1.94 bits per heavy atom. The highest BCUT2D eigenvalue weighted by atomic mass is 35.5. The van der Waals surface area contributed by atoms with E-state index < -0.39 is 34.5 Å². The molecule has 32 heavy (non-hydrogen) atoms. The molecule has 2 aromatic heterocycles. The van der Waals surface area contributed by atoms with Crippen LogP contribution >= 0.6 is 34.5 Å². The summed E-state index contributed by atoms with van der Waals surface area (Å²) < 4.78 is 24.1. The molecule has 2 amide bonds. The Labute approximate surface area is 197 Å². The third-order valence-electron chi connectivity index (χ3n) is 4.46. The van der Waals surface area contributed by atoms with Crippen molar-refractivity contribution in [2.24, 2.45) is 0 Å². The number of aromatic nitrogens is 1. The first-order chi connectivity index (χ1) is 14.9. The van der Waals surface area contributed by atoms with Crippen molar-refractivity contribution in [3.63, 3.8) is 0 Å². The number of pyridine rings is 1. The van der Waals surface area contributed by atoms with Gasteiger partial charge in [0, 0.05) is 11.4 Å². The Bertz CT molecular complexity index is 1100. The highest BCUT2D eigenvalue weighted by molar-refractivity contribution is 7.17. The van der Waals surface area contributed by atoms with Crippen LogP contribution in [0.15, 0.2) is 6.07 Å². The summed E-state index contributed by atoms with van der Waals surface area (Å²) in [6, 6.07) is 0.864. The van der Waals surface area contributed by atoms with Crippen molar-refractivity contribution < 1.29 is 28.2 Å². The lowest BCUT2D eigenvalue weighted by Gasteiger charge is -2.30. The minimum absolute atomic E-state index is 0.184. The lowest BCUT2D eigenvalue weighted by molar-refractivity contribution is 0.0226. The fourth-order valence-corrected chi connectivity index (χ4v) is 4.72. The van der Waals surface area contributed by atoms with E-state index in [4.69, 9.17) is 32.7 Å². The minimum atomic E-state index is -0.909. The lowest BCUT2D eigenvalue weighted by atomic mass is 10.0. The number of fused-ring (bicyclic) bond motifs is 1. The number of ether oxygens (including phenoxy) is 2. The fourth-order valence-electron chi connectivity index (χ4n) is 3.07. The molecule has 8 nitrogen and oxygen atoms in total. The molecule has 0 bridgehead atoms. The molecular formula is C20H20Cl2FN3O5S. The average molecular weight is 504 g/mol. The van der Waals surface area contributed by atoms with Crippen LogP contribution in [0.4, 0.5) is 14.2 Å². The monoisotopic (exact) mass is 503 g/mol. The highest BCUT2D eigenvalue weighted by Gasteiger charge is 2.33. The van der Waals surface area contributed by atoms with E-state index in [0.717, 1.165) is 17.4 Å². The molecule has 1 aliphatic heterocycles. The van der Waals surface area contributed by atoms with Crippen molar-refractivity contribution in [2.75, 3.05) is 19.0 Å². The van der Waals surface area contributed by atoms with Crippen molar-refractivity contribution >= 4 is 57.5 Å². The van der Waals surface area contributed by atoms with Gasteiger partial charge in [0.25, 0.3) is 5.91 Å². The largest absolute Gasteiger partial charge is 0.465 e. The van der Waals surface area contributed by atoms with E-state index in [2.05, 4.69) is 10.3 Å². The molecule has 0 fully saturated rings. The molecule has 2 aromatic rings. The SMILES string of the molecule is COC(=O)c1c(NC(=O)c2cc(F)c(Cl)nc2Cl)sc2c1CCN(C(=O)OC(C)(C)C)C2. The average Bonchev–Trinajstić information content (AvgIpc) is 3.05. The number of thiophene rings is 1. The molecule has 0 unspecified atom stereocenters. The first kappa shape index (κ1) is 24.2. The van der Waals surface area contributed by atoms with Gasteiger partial charge in [0.05, 0.1) is 24.8 Å². The third kappa shape index (κ3) is 5.13. The topological polar surface area (TPSA) is 97.8 Å². The van der Waals surface area contributed by atoms with E-state index in [-0.39, 0.29) is 27.8 Å². The van der Waals surface area contributed by atoms with E-state index in [1.165, 1.54) is 12.0 Å². The summed E-state index contributed by atoms with van der Waals surface area (Å²) in [5.74, 6) is -2.33. The van der Waals surface area contributed by atoms with Crippen LogP contribution in [0, 0.1) is 5.82 Å². The number of nitrogens with one attached hydrogen (secondary N) is 1. The van der Waals surface area contributed by atoms with Crippen LogP contribution in [0.3, 0.4) is 0 Å². The van der Waals surface area contributed by atoms with E-state index in [1.54, 1.807) is 20.8 Å². The smallest absolute Gasteiger partial charge is 0.410 e. The molecule has 3 rings (SSSR count). The summed E-state index contributed by atoms with van der Waals surface area (Å²) in [5, 5.41) is 2.03. The molecule has 1 aliphatic rings. The Kier molecular flexibility index (Phi) is 6.97. The maximum absolute atomic E-state index is 13.8. The van der Waals surface area contributed by atoms with Gasteiger partial charge in [-0.15, -0.1) is 11.3 Å². The van der Waals surface area contributed by atoms with Crippen LogP contribution in [0.25, 0.3) is 0 Å². The van der Waals surface area contributed by atoms with Gasteiger partial charge in [-0.2, -0.15) is 0 Å². The molecule has 0 saturated carbocycles. The summed E-state index contributed by atoms with van der Waals surface area (Å²) in [6.07, 6.45) is -0.111. The summed E-state index contributed by atoms with van der Waals surface area (Å²) in [6.45, 7) is 5.84. The summed E-state index contributed by atoms with van der Waals surface area (Å²) >= 11 is 12.6. The van der Waals surface area contributed by atoms with Crippen LogP contribution < -0.4 is 5.32 Å². The zero-order chi connectivity index (χ0) is 23.8. The lowest BCUT2D eigenvalue weighted by Crippen LogP contribution is -2.39.